The van der Waals surface area contributed by atoms with Gasteiger partial charge in [-0.2, -0.15) is 5.10 Å². The Morgan fingerprint density at radius 1 is 1.09 bits per heavy atom. The van der Waals surface area contributed by atoms with E-state index in [-0.39, 0.29) is 39.5 Å². The molecule has 2 aliphatic rings. The van der Waals surface area contributed by atoms with Gasteiger partial charge >= 0.3 is 0 Å². The first kappa shape index (κ1) is 23.0. The van der Waals surface area contributed by atoms with Crippen LogP contribution < -0.4 is 10.1 Å². The largest absolute Gasteiger partial charge is 0.496 e. The van der Waals surface area contributed by atoms with Crippen molar-refractivity contribution < 1.29 is 22.7 Å². The first-order valence-electron chi connectivity index (χ1n) is 10.5. The number of anilines is 1. The van der Waals surface area contributed by atoms with Gasteiger partial charge in [0.15, 0.2) is 5.78 Å². The minimum Gasteiger partial charge on any atom is -0.496 e. The molecule has 1 fully saturated rings. The summed E-state index contributed by atoms with van der Waals surface area (Å²) in [6.45, 7) is 0. The Bertz CT molecular complexity index is 1220. The summed E-state index contributed by atoms with van der Waals surface area (Å²) < 4.78 is 33.4. The lowest BCUT2D eigenvalue weighted by atomic mass is 9.80. The number of benzene rings is 2. The minimum absolute atomic E-state index is 0.00361. The highest BCUT2D eigenvalue weighted by Crippen LogP contribution is 2.32. The van der Waals surface area contributed by atoms with Gasteiger partial charge in [0.2, 0.25) is 0 Å². The average Bonchev–Trinajstić information content (AvgIpc) is 2.81. The molecule has 4 rings (SSSR count). The zero-order chi connectivity index (χ0) is 23.4. The fourth-order valence-corrected chi connectivity index (χ4v) is 5.10. The zero-order valence-electron chi connectivity index (χ0n) is 17.5. The topological polar surface area (TPSA) is 114 Å². The molecule has 0 aromatic heterocycles. The van der Waals surface area contributed by atoms with Crippen LogP contribution in [0, 0.1) is 5.92 Å². The standard InChI is InChI=1S/C23H22ClN3O5S/c24-16-9-11-17(12-10-16)33(30,31)27-20-7-3-1-5-18(20)23(29)26-25-13-15-14-32-21-8-4-2-6-19(21)22(15)28/h1,3,5,7,9-14,19,21,27H,2,4,6,8H2,(H,26,29)/b25-13+. The first-order valence-corrected chi connectivity index (χ1v) is 12.3. The van der Waals surface area contributed by atoms with E-state index in [1.165, 1.54) is 48.9 Å². The van der Waals surface area contributed by atoms with E-state index in [0.717, 1.165) is 25.7 Å². The van der Waals surface area contributed by atoms with Crippen LogP contribution >= 0.6 is 11.6 Å². The molecule has 2 N–H and O–H groups in total. The normalized spacial score (nSPS) is 20.5. The molecule has 1 amide bonds. The van der Waals surface area contributed by atoms with Gasteiger partial charge in [0.25, 0.3) is 15.9 Å². The summed E-state index contributed by atoms with van der Waals surface area (Å²) in [5.74, 6) is -0.857. The number of hydrogen-bond acceptors (Lipinski definition) is 6. The SMILES string of the molecule is O=C(N/N=C/C1=COC2CCCCC2C1=O)c1ccccc1NS(=O)(=O)c1ccc(Cl)cc1. The van der Waals surface area contributed by atoms with Crippen molar-refractivity contribution in [1.29, 1.82) is 0 Å². The number of carbonyl (C=O) groups excluding carboxylic acids is 2. The Hall–Kier alpha value is -3.17. The molecule has 0 radical (unpaired) electrons. The second kappa shape index (κ2) is 9.76. The van der Waals surface area contributed by atoms with Crippen LogP contribution in [-0.4, -0.2) is 32.4 Å². The second-order valence-electron chi connectivity index (χ2n) is 7.81. The number of carbonyl (C=O) groups is 2. The van der Waals surface area contributed by atoms with Crippen LogP contribution in [-0.2, 0) is 19.6 Å². The Morgan fingerprint density at radius 3 is 2.61 bits per heavy atom. The molecule has 1 heterocycles. The summed E-state index contributed by atoms with van der Waals surface area (Å²) in [5, 5.41) is 4.28. The molecule has 172 valence electrons. The number of fused-ring (bicyclic) bond motifs is 1. The van der Waals surface area contributed by atoms with Gasteiger partial charge in [0.05, 0.1) is 40.1 Å². The molecule has 1 saturated carbocycles. The van der Waals surface area contributed by atoms with Gasteiger partial charge in [-0.15, -0.1) is 0 Å². The van der Waals surface area contributed by atoms with Crippen molar-refractivity contribution >= 4 is 45.2 Å². The highest BCUT2D eigenvalue weighted by atomic mass is 35.5. The number of halogens is 1. The predicted octanol–water partition coefficient (Wildman–Crippen LogP) is 3.90. The van der Waals surface area contributed by atoms with Crippen molar-refractivity contribution in [2.75, 3.05) is 4.72 Å². The lowest BCUT2D eigenvalue weighted by Gasteiger charge is -2.33. The third kappa shape index (κ3) is 5.26. The first-order chi connectivity index (χ1) is 15.8. The van der Waals surface area contributed by atoms with Crippen molar-refractivity contribution in [1.82, 2.24) is 5.43 Å². The lowest BCUT2D eigenvalue weighted by molar-refractivity contribution is -0.126. The van der Waals surface area contributed by atoms with Gasteiger partial charge in [-0.1, -0.05) is 30.2 Å². The van der Waals surface area contributed by atoms with Crippen molar-refractivity contribution in [3.63, 3.8) is 0 Å². The molecule has 2 unspecified atom stereocenters. The van der Waals surface area contributed by atoms with Crippen LogP contribution in [0.4, 0.5) is 5.69 Å². The van der Waals surface area contributed by atoms with Crippen LogP contribution in [0.1, 0.15) is 36.0 Å². The van der Waals surface area contributed by atoms with E-state index < -0.39 is 15.9 Å². The Morgan fingerprint density at radius 2 is 1.82 bits per heavy atom. The van der Waals surface area contributed by atoms with Gasteiger partial charge in [-0.3, -0.25) is 14.3 Å². The van der Waals surface area contributed by atoms with Gasteiger partial charge in [-0.05, 0) is 55.7 Å². The third-order valence-corrected chi connectivity index (χ3v) is 7.24. The van der Waals surface area contributed by atoms with Crippen molar-refractivity contribution in [2.24, 2.45) is 11.0 Å². The lowest BCUT2D eigenvalue weighted by Crippen LogP contribution is -2.37. The summed E-state index contributed by atoms with van der Waals surface area (Å²) in [5.41, 5.74) is 2.78. The summed E-state index contributed by atoms with van der Waals surface area (Å²) in [7, 11) is -3.94. The van der Waals surface area contributed by atoms with Crippen LogP contribution in [0.5, 0.6) is 0 Å². The Balaban J connectivity index is 1.46. The Labute approximate surface area is 196 Å². The van der Waals surface area contributed by atoms with Crippen LogP contribution in [0.15, 0.2) is 70.4 Å². The number of allylic oxidation sites excluding steroid dienone is 1. The van der Waals surface area contributed by atoms with Gasteiger partial charge in [0, 0.05) is 5.02 Å². The number of amides is 1. The summed E-state index contributed by atoms with van der Waals surface area (Å²) in [6, 6.07) is 11.8. The van der Waals surface area contributed by atoms with E-state index in [0.29, 0.717) is 5.02 Å². The van der Waals surface area contributed by atoms with Gasteiger partial charge in [0.1, 0.15) is 6.10 Å². The predicted molar refractivity (Wildman–Crippen MR) is 125 cm³/mol. The summed E-state index contributed by atoms with van der Waals surface area (Å²) in [6.07, 6.45) is 6.23. The van der Waals surface area contributed by atoms with Crippen molar-refractivity contribution in [3.8, 4) is 0 Å². The third-order valence-electron chi connectivity index (χ3n) is 5.60. The number of rotatable bonds is 6. The monoisotopic (exact) mass is 487 g/mol. The van der Waals surface area contributed by atoms with E-state index in [4.69, 9.17) is 16.3 Å². The van der Waals surface area contributed by atoms with E-state index in [9.17, 15) is 18.0 Å². The molecule has 8 nitrogen and oxygen atoms in total. The molecule has 2 aromatic rings. The molecular weight excluding hydrogens is 466 g/mol. The number of ether oxygens (including phenoxy) is 1. The van der Waals surface area contributed by atoms with Gasteiger partial charge in [-0.25, -0.2) is 13.8 Å². The van der Waals surface area contributed by atoms with Crippen LogP contribution in [0.2, 0.25) is 5.02 Å². The van der Waals surface area contributed by atoms with Crippen LogP contribution in [0.25, 0.3) is 0 Å². The molecule has 2 aromatic carbocycles. The van der Waals surface area contributed by atoms with Crippen LogP contribution in [0.3, 0.4) is 0 Å². The maximum Gasteiger partial charge on any atom is 0.273 e. The van der Waals surface area contributed by atoms with Crippen molar-refractivity contribution in [2.45, 2.75) is 36.7 Å². The molecule has 2 atom stereocenters. The number of hydrogen-bond donors (Lipinski definition) is 2. The molecule has 1 aliphatic carbocycles. The van der Waals surface area contributed by atoms with E-state index >= 15 is 0 Å². The van der Waals surface area contributed by atoms with E-state index in [1.54, 1.807) is 12.1 Å². The number of ketones is 1. The number of Topliss-reactive ketones (excluding diaryl/α,β-unsaturated/α-hetero) is 1. The number of nitrogens with zero attached hydrogens (tertiary/aromatic N) is 1. The molecule has 0 spiro atoms. The Kier molecular flexibility index (Phi) is 6.80. The summed E-state index contributed by atoms with van der Waals surface area (Å²) >= 11 is 5.82. The number of sulfonamides is 1. The number of para-hydroxylation sites is 1. The molecule has 33 heavy (non-hydrogen) atoms. The zero-order valence-corrected chi connectivity index (χ0v) is 19.1. The molecule has 10 heteroatoms. The highest BCUT2D eigenvalue weighted by Gasteiger charge is 2.36. The maximum absolute atomic E-state index is 12.7. The molecular formula is C23H22ClN3O5S. The van der Waals surface area contributed by atoms with Crippen molar-refractivity contribution in [3.05, 3.63) is 71.0 Å². The van der Waals surface area contributed by atoms with E-state index in [1.807, 2.05) is 0 Å². The highest BCUT2D eigenvalue weighted by molar-refractivity contribution is 7.92. The fraction of sp³-hybridized carbons (Fsp3) is 0.261. The summed E-state index contributed by atoms with van der Waals surface area (Å²) in [4.78, 5) is 25.3. The number of hydrazone groups is 1. The fourth-order valence-electron chi connectivity index (χ4n) is 3.89. The maximum atomic E-state index is 12.7. The van der Waals surface area contributed by atoms with E-state index in [2.05, 4.69) is 15.2 Å². The molecule has 1 aliphatic heterocycles. The average molecular weight is 488 g/mol. The quantitative estimate of drug-likeness (QED) is 0.474. The second-order valence-corrected chi connectivity index (χ2v) is 9.93. The molecule has 0 bridgehead atoms. The van der Waals surface area contributed by atoms with Gasteiger partial charge < -0.3 is 4.74 Å². The molecule has 0 saturated heterocycles. The minimum atomic E-state index is -3.94. The smallest absolute Gasteiger partial charge is 0.273 e. The number of nitrogens with one attached hydrogen (secondary N) is 2.